The smallest absolute Gasteiger partial charge is 0.350 e. The number of nitrogens with two attached hydrogens (primary N) is 1. The maximum absolute atomic E-state index is 12.5. The molecule has 4 nitrogen and oxygen atoms in total. The Balaban J connectivity index is 3.07. The monoisotopic (exact) mass is 259 g/mol. The van der Waals surface area contributed by atoms with E-state index in [0.29, 0.717) is 17.7 Å². The Hall–Kier alpha value is -2.05. The van der Waals surface area contributed by atoms with Gasteiger partial charge in [-0.15, -0.1) is 0 Å². The van der Waals surface area contributed by atoms with Crippen molar-refractivity contribution in [2.75, 3.05) is 0 Å². The van der Waals surface area contributed by atoms with E-state index in [-0.39, 0.29) is 0 Å². The Bertz CT molecular complexity index is 469. The number of nitrogens with one attached hydrogen (secondary N) is 1. The van der Waals surface area contributed by atoms with Crippen LogP contribution in [0.3, 0.4) is 0 Å². The number of amides is 2. The van der Waals surface area contributed by atoms with Gasteiger partial charge in [0, 0.05) is 0 Å². The summed E-state index contributed by atoms with van der Waals surface area (Å²) in [7, 11) is 0. The summed E-state index contributed by atoms with van der Waals surface area (Å²) in [6.45, 7) is 1.71. The van der Waals surface area contributed by atoms with E-state index in [1.165, 1.54) is 12.1 Å². The van der Waals surface area contributed by atoms with Crippen LogP contribution in [0, 0.1) is 0 Å². The van der Waals surface area contributed by atoms with Crippen molar-refractivity contribution in [1.29, 1.82) is 0 Å². The second-order valence-electron chi connectivity index (χ2n) is 3.47. The molecule has 0 aliphatic rings. The molecule has 0 saturated carbocycles. The molecule has 0 spiro atoms. The van der Waals surface area contributed by atoms with Crippen molar-refractivity contribution in [2.24, 2.45) is 10.8 Å². The van der Waals surface area contributed by atoms with Gasteiger partial charge in [-0.1, -0.05) is 19.1 Å². The molecule has 0 heterocycles. The number of carbonyl (C=O) groups excluding carboxylic acids is 1. The first-order valence-electron chi connectivity index (χ1n) is 5.14. The third kappa shape index (κ3) is 3.76. The van der Waals surface area contributed by atoms with Gasteiger partial charge in [-0.25, -0.2) is 10.2 Å². The van der Waals surface area contributed by atoms with Gasteiger partial charge in [0.15, 0.2) is 0 Å². The van der Waals surface area contributed by atoms with E-state index in [2.05, 4.69) is 5.10 Å². The lowest BCUT2D eigenvalue weighted by molar-refractivity contribution is -0.137. The highest BCUT2D eigenvalue weighted by atomic mass is 19.4. The van der Waals surface area contributed by atoms with Crippen LogP contribution in [0.25, 0.3) is 0 Å². The number of halogens is 3. The Morgan fingerprint density at radius 1 is 1.44 bits per heavy atom. The number of nitrogens with zero attached hydrogens (tertiary/aromatic N) is 1. The minimum atomic E-state index is -4.41. The zero-order valence-electron chi connectivity index (χ0n) is 9.58. The lowest BCUT2D eigenvalue weighted by Crippen LogP contribution is -2.26. The Morgan fingerprint density at radius 3 is 2.61 bits per heavy atom. The molecular weight excluding hydrogens is 247 g/mol. The normalized spacial score (nSPS) is 12.3. The Labute approximate surface area is 102 Å². The minimum Gasteiger partial charge on any atom is -0.350 e. The van der Waals surface area contributed by atoms with Gasteiger partial charge >= 0.3 is 12.2 Å². The largest absolute Gasteiger partial charge is 0.416 e. The summed E-state index contributed by atoms with van der Waals surface area (Å²) in [6, 6.07) is 3.85. The van der Waals surface area contributed by atoms with Gasteiger partial charge in [-0.05, 0) is 24.1 Å². The fraction of sp³-hybridized carbons (Fsp3) is 0.273. The van der Waals surface area contributed by atoms with Crippen molar-refractivity contribution < 1.29 is 18.0 Å². The number of primary amides is 1. The van der Waals surface area contributed by atoms with Crippen LogP contribution >= 0.6 is 0 Å². The van der Waals surface area contributed by atoms with Crippen LogP contribution in [0.4, 0.5) is 18.0 Å². The van der Waals surface area contributed by atoms with Crippen molar-refractivity contribution in [1.82, 2.24) is 5.43 Å². The molecule has 0 saturated heterocycles. The van der Waals surface area contributed by atoms with Crippen LogP contribution in [0.5, 0.6) is 0 Å². The Morgan fingerprint density at radius 2 is 2.11 bits per heavy atom. The molecule has 0 atom stereocenters. The average Bonchev–Trinajstić information content (AvgIpc) is 2.29. The number of hydrogen-bond donors (Lipinski definition) is 2. The molecule has 18 heavy (non-hydrogen) atoms. The highest BCUT2D eigenvalue weighted by Crippen LogP contribution is 2.29. The van der Waals surface area contributed by atoms with Crippen molar-refractivity contribution in [3.05, 3.63) is 35.4 Å². The number of hydrazone groups is 1. The van der Waals surface area contributed by atoms with Gasteiger partial charge in [-0.3, -0.25) is 0 Å². The maximum atomic E-state index is 12.5. The Kier molecular flexibility index (Phi) is 4.30. The molecule has 0 aromatic heterocycles. The fourth-order valence-corrected chi connectivity index (χ4v) is 1.35. The number of rotatable bonds is 3. The second kappa shape index (κ2) is 5.52. The first kappa shape index (κ1) is 14.0. The highest BCUT2D eigenvalue weighted by molar-refractivity contribution is 6.00. The third-order valence-electron chi connectivity index (χ3n) is 2.16. The highest BCUT2D eigenvalue weighted by Gasteiger charge is 2.30. The first-order valence-corrected chi connectivity index (χ1v) is 5.14. The standard InChI is InChI=1S/C11H12F3N3O/c1-2-9(16-17-10(15)18)7-4-3-5-8(6-7)11(12,13)14/h3-6H,2H2,1H3,(H3,15,17,18)/b16-9+. The van der Waals surface area contributed by atoms with E-state index < -0.39 is 17.8 Å². The van der Waals surface area contributed by atoms with E-state index in [1.54, 1.807) is 6.92 Å². The molecule has 98 valence electrons. The van der Waals surface area contributed by atoms with Crippen molar-refractivity contribution in [3.8, 4) is 0 Å². The van der Waals surface area contributed by atoms with E-state index in [9.17, 15) is 18.0 Å². The maximum Gasteiger partial charge on any atom is 0.416 e. The predicted molar refractivity (Wildman–Crippen MR) is 61.0 cm³/mol. The van der Waals surface area contributed by atoms with Crippen LogP contribution < -0.4 is 11.2 Å². The molecule has 3 N–H and O–H groups in total. The van der Waals surface area contributed by atoms with Crippen LogP contribution in [-0.2, 0) is 6.18 Å². The van der Waals surface area contributed by atoms with Crippen molar-refractivity contribution in [3.63, 3.8) is 0 Å². The predicted octanol–water partition coefficient (Wildman–Crippen LogP) is 2.49. The lowest BCUT2D eigenvalue weighted by atomic mass is 10.0. The SMILES string of the molecule is CC/C(=N\NC(N)=O)c1cccc(C(F)(F)F)c1. The fourth-order valence-electron chi connectivity index (χ4n) is 1.35. The molecule has 1 aromatic rings. The zero-order chi connectivity index (χ0) is 13.8. The van der Waals surface area contributed by atoms with Crippen LogP contribution in [0.1, 0.15) is 24.5 Å². The van der Waals surface area contributed by atoms with Crippen molar-refractivity contribution in [2.45, 2.75) is 19.5 Å². The quantitative estimate of drug-likeness (QED) is 0.635. The van der Waals surface area contributed by atoms with Crippen LogP contribution in [0.2, 0.25) is 0 Å². The molecule has 0 unspecified atom stereocenters. The molecule has 0 radical (unpaired) electrons. The van der Waals surface area contributed by atoms with Crippen LogP contribution in [-0.4, -0.2) is 11.7 Å². The van der Waals surface area contributed by atoms with Gasteiger partial charge in [-0.2, -0.15) is 18.3 Å². The number of benzene rings is 1. The average molecular weight is 259 g/mol. The minimum absolute atomic E-state index is 0.293. The molecule has 0 aliphatic carbocycles. The van der Waals surface area contributed by atoms with E-state index in [0.717, 1.165) is 12.1 Å². The zero-order valence-corrected chi connectivity index (χ0v) is 9.58. The summed E-state index contributed by atoms with van der Waals surface area (Å²) >= 11 is 0. The molecule has 1 rings (SSSR count). The summed E-state index contributed by atoms with van der Waals surface area (Å²) in [5.41, 5.74) is 6.68. The summed E-state index contributed by atoms with van der Waals surface area (Å²) in [4.78, 5) is 10.5. The third-order valence-corrected chi connectivity index (χ3v) is 2.16. The molecule has 1 aromatic carbocycles. The van der Waals surface area contributed by atoms with E-state index in [1.807, 2.05) is 5.43 Å². The number of carbonyl (C=O) groups is 1. The number of hydrogen-bond acceptors (Lipinski definition) is 2. The van der Waals surface area contributed by atoms with Gasteiger partial charge in [0.25, 0.3) is 0 Å². The molecule has 0 aliphatic heterocycles. The van der Waals surface area contributed by atoms with Crippen molar-refractivity contribution >= 4 is 11.7 Å². The van der Waals surface area contributed by atoms with Crippen LogP contribution in [0.15, 0.2) is 29.4 Å². The molecule has 2 amide bonds. The summed E-state index contributed by atoms with van der Waals surface area (Å²) in [5, 5.41) is 3.66. The topological polar surface area (TPSA) is 67.5 Å². The summed E-state index contributed by atoms with van der Waals surface area (Å²) in [6.07, 6.45) is -4.05. The lowest BCUT2D eigenvalue weighted by Gasteiger charge is -2.09. The molecular formula is C11H12F3N3O. The molecule has 7 heteroatoms. The van der Waals surface area contributed by atoms with Gasteiger partial charge < -0.3 is 5.73 Å². The molecule has 0 fully saturated rings. The van der Waals surface area contributed by atoms with E-state index in [4.69, 9.17) is 5.73 Å². The van der Waals surface area contributed by atoms with Gasteiger partial charge in [0.05, 0.1) is 11.3 Å². The summed E-state index contributed by atoms with van der Waals surface area (Å²) < 4.78 is 37.6. The number of alkyl halides is 3. The first-order chi connectivity index (χ1) is 8.34. The molecule has 0 bridgehead atoms. The van der Waals surface area contributed by atoms with Gasteiger partial charge in [0.1, 0.15) is 0 Å². The van der Waals surface area contributed by atoms with E-state index >= 15 is 0 Å². The number of urea groups is 1. The summed E-state index contributed by atoms with van der Waals surface area (Å²) in [5.74, 6) is 0. The van der Waals surface area contributed by atoms with Gasteiger partial charge in [0.2, 0.25) is 0 Å². The second-order valence-corrected chi connectivity index (χ2v) is 3.47.